The topological polar surface area (TPSA) is 73.1 Å². The molecule has 1 fully saturated rings. The van der Waals surface area contributed by atoms with Crippen LogP contribution in [0.3, 0.4) is 0 Å². The number of amides is 1. The number of carbonyl (C=O) groups excluding carboxylic acids is 1. The van der Waals surface area contributed by atoms with E-state index in [-0.39, 0.29) is 12.6 Å². The molecule has 2 aromatic carbocycles. The first-order valence-electron chi connectivity index (χ1n) is 10.2. The summed E-state index contributed by atoms with van der Waals surface area (Å²) in [7, 11) is 0. The van der Waals surface area contributed by atoms with Crippen molar-refractivity contribution in [3.8, 4) is 0 Å². The molecule has 1 aromatic heterocycles. The molecule has 1 aliphatic rings. The zero-order chi connectivity index (χ0) is 21.8. The third-order valence-electron chi connectivity index (χ3n) is 5.60. The first-order valence-corrected chi connectivity index (χ1v) is 10.2. The van der Waals surface area contributed by atoms with Gasteiger partial charge in [0.2, 0.25) is 0 Å². The maximum absolute atomic E-state index is 13.5. The summed E-state index contributed by atoms with van der Waals surface area (Å²) in [6.07, 6.45) is 0.889. The van der Waals surface area contributed by atoms with Gasteiger partial charge in [-0.3, -0.25) is 0 Å². The Morgan fingerprint density at radius 1 is 1.10 bits per heavy atom. The Kier molecular flexibility index (Phi) is 5.92. The lowest BCUT2D eigenvalue weighted by Crippen LogP contribution is -2.46. The highest BCUT2D eigenvalue weighted by molar-refractivity contribution is 5.67. The summed E-state index contributed by atoms with van der Waals surface area (Å²) in [6.45, 7) is 3.20. The maximum atomic E-state index is 13.5. The quantitative estimate of drug-likeness (QED) is 0.623. The molecule has 31 heavy (non-hydrogen) atoms. The predicted octanol–water partition coefficient (Wildman–Crippen LogP) is 3.54. The molecule has 0 aliphatic carbocycles. The number of nitrogens with zero attached hydrogens (tertiary/aromatic N) is 5. The molecule has 9 heteroatoms. The number of ether oxygens (including phenoxy) is 1. The summed E-state index contributed by atoms with van der Waals surface area (Å²) < 4.78 is 32.2. The summed E-state index contributed by atoms with van der Waals surface area (Å²) in [4.78, 5) is 15.2. The van der Waals surface area contributed by atoms with Gasteiger partial charge in [0.1, 0.15) is 11.6 Å². The minimum atomic E-state index is -0.651. The lowest BCUT2D eigenvalue weighted by Gasteiger charge is -2.39. The number of benzene rings is 2. The number of carbonyl (C=O) groups is 1. The summed E-state index contributed by atoms with van der Waals surface area (Å²) in [5.74, 6) is -0.774. The highest BCUT2D eigenvalue weighted by Crippen LogP contribution is 2.39. The number of hydrogen-bond donors (Lipinski definition) is 0. The summed E-state index contributed by atoms with van der Waals surface area (Å²) >= 11 is 0. The lowest BCUT2D eigenvalue weighted by molar-refractivity contribution is 0.0897. The molecule has 3 aromatic rings. The lowest BCUT2D eigenvalue weighted by atomic mass is 9.72. The van der Waals surface area contributed by atoms with Gasteiger partial charge in [-0.25, -0.2) is 13.6 Å². The van der Waals surface area contributed by atoms with Crippen LogP contribution in [-0.2, 0) is 16.7 Å². The van der Waals surface area contributed by atoms with Gasteiger partial charge in [0, 0.05) is 19.2 Å². The standard InChI is InChI=1S/C22H23F2N5O2/c1-2-31-21(30)28-10-8-22(9-11-28,17-6-4-3-5-7-17)20-25-27-29(26-20)15-16-12-18(23)14-19(24)13-16/h3-7,12-14H,2,8-11,15H2,1H3. The molecule has 162 valence electrons. The highest BCUT2D eigenvalue weighted by Gasteiger charge is 2.42. The summed E-state index contributed by atoms with van der Waals surface area (Å²) in [5, 5.41) is 13.0. The second-order valence-electron chi connectivity index (χ2n) is 7.56. The van der Waals surface area contributed by atoms with E-state index >= 15 is 0 Å². The molecule has 1 saturated heterocycles. The number of halogens is 2. The van der Waals surface area contributed by atoms with E-state index in [9.17, 15) is 13.6 Å². The van der Waals surface area contributed by atoms with E-state index in [1.54, 1.807) is 11.8 Å². The average Bonchev–Trinajstić information content (AvgIpc) is 3.23. The van der Waals surface area contributed by atoms with Crippen LogP contribution < -0.4 is 0 Å². The van der Waals surface area contributed by atoms with E-state index < -0.39 is 17.0 Å². The molecular weight excluding hydrogens is 404 g/mol. The van der Waals surface area contributed by atoms with Gasteiger partial charge < -0.3 is 9.64 Å². The second-order valence-corrected chi connectivity index (χ2v) is 7.56. The Balaban J connectivity index is 1.61. The van der Waals surface area contributed by atoms with Crippen molar-refractivity contribution < 1.29 is 18.3 Å². The Morgan fingerprint density at radius 2 is 1.77 bits per heavy atom. The summed E-state index contributed by atoms with van der Waals surface area (Å²) in [5.41, 5.74) is 0.928. The van der Waals surface area contributed by atoms with E-state index in [0.29, 0.717) is 43.9 Å². The van der Waals surface area contributed by atoms with Gasteiger partial charge in [0.15, 0.2) is 5.82 Å². The van der Waals surface area contributed by atoms with Crippen molar-refractivity contribution in [1.82, 2.24) is 25.1 Å². The molecule has 0 unspecified atom stereocenters. The average molecular weight is 427 g/mol. The maximum Gasteiger partial charge on any atom is 0.409 e. The van der Waals surface area contributed by atoms with Crippen molar-refractivity contribution in [3.05, 3.63) is 77.1 Å². The number of hydrogen-bond acceptors (Lipinski definition) is 5. The van der Waals surface area contributed by atoms with E-state index in [1.165, 1.54) is 16.9 Å². The molecular formula is C22H23F2N5O2. The van der Waals surface area contributed by atoms with Gasteiger partial charge in [-0.2, -0.15) is 4.80 Å². The Morgan fingerprint density at radius 3 is 2.42 bits per heavy atom. The van der Waals surface area contributed by atoms with E-state index in [2.05, 4.69) is 15.4 Å². The van der Waals surface area contributed by atoms with Crippen LogP contribution in [0.5, 0.6) is 0 Å². The minimum absolute atomic E-state index is 0.0987. The highest BCUT2D eigenvalue weighted by atomic mass is 19.1. The van der Waals surface area contributed by atoms with Gasteiger partial charge in [0.05, 0.1) is 18.6 Å². The van der Waals surface area contributed by atoms with Crippen molar-refractivity contribution in [2.24, 2.45) is 0 Å². The van der Waals surface area contributed by atoms with E-state index in [1.807, 2.05) is 30.3 Å². The van der Waals surface area contributed by atoms with Crippen molar-refractivity contribution in [2.75, 3.05) is 19.7 Å². The molecule has 1 aliphatic heterocycles. The zero-order valence-electron chi connectivity index (χ0n) is 17.2. The van der Waals surface area contributed by atoms with E-state index in [4.69, 9.17) is 4.74 Å². The van der Waals surface area contributed by atoms with Crippen LogP contribution in [0.4, 0.5) is 13.6 Å². The SMILES string of the molecule is CCOC(=O)N1CCC(c2ccccc2)(c2nnn(Cc3cc(F)cc(F)c3)n2)CC1. The number of rotatable bonds is 5. The fraction of sp³-hybridized carbons (Fsp3) is 0.364. The van der Waals surface area contributed by atoms with Gasteiger partial charge >= 0.3 is 6.09 Å². The fourth-order valence-electron chi connectivity index (χ4n) is 4.05. The Bertz CT molecular complexity index is 1030. The third kappa shape index (κ3) is 4.40. The van der Waals surface area contributed by atoms with Gasteiger partial charge in [-0.05, 0) is 48.2 Å². The Labute approximate surface area is 178 Å². The molecule has 4 rings (SSSR count). The monoisotopic (exact) mass is 427 g/mol. The van der Waals surface area contributed by atoms with Gasteiger partial charge in [0.25, 0.3) is 0 Å². The van der Waals surface area contributed by atoms with Gasteiger partial charge in [-0.1, -0.05) is 30.3 Å². The van der Waals surface area contributed by atoms with Crippen LogP contribution in [0.1, 0.15) is 36.7 Å². The molecule has 0 saturated carbocycles. The van der Waals surface area contributed by atoms with Gasteiger partial charge in [-0.15, -0.1) is 10.2 Å². The molecule has 0 spiro atoms. The minimum Gasteiger partial charge on any atom is -0.450 e. The first kappa shape index (κ1) is 20.9. The van der Waals surface area contributed by atoms with Crippen LogP contribution >= 0.6 is 0 Å². The van der Waals surface area contributed by atoms with Crippen molar-refractivity contribution in [1.29, 1.82) is 0 Å². The molecule has 0 atom stereocenters. The van der Waals surface area contributed by atoms with Crippen LogP contribution in [0.2, 0.25) is 0 Å². The first-order chi connectivity index (χ1) is 15.0. The van der Waals surface area contributed by atoms with Crippen molar-refractivity contribution in [2.45, 2.75) is 31.7 Å². The summed E-state index contributed by atoms with van der Waals surface area (Å²) in [6, 6.07) is 13.2. The smallest absolute Gasteiger partial charge is 0.409 e. The molecule has 1 amide bonds. The molecule has 7 nitrogen and oxygen atoms in total. The van der Waals surface area contributed by atoms with Crippen LogP contribution in [-0.4, -0.2) is 50.9 Å². The second kappa shape index (κ2) is 8.79. The van der Waals surface area contributed by atoms with Crippen LogP contribution in [0.25, 0.3) is 0 Å². The van der Waals surface area contributed by atoms with E-state index in [0.717, 1.165) is 11.6 Å². The molecule has 0 N–H and O–H groups in total. The van der Waals surface area contributed by atoms with Crippen LogP contribution in [0.15, 0.2) is 48.5 Å². The van der Waals surface area contributed by atoms with Crippen molar-refractivity contribution >= 4 is 6.09 Å². The third-order valence-corrected chi connectivity index (χ3v) is 5.60. The Hall–Kier alpha value is -3.36. The largest absolute Gasteiger partial charge is 0.450 e. The number of likely N-dealkylation sites (tertiary alicyclic amines) is 1. The number of tetrazole rings is 1. The predicted molar refractivity (Wildman–Crippen MR) is 108 cm³/mol. The number of aromatic nitrogens is 4. The van der Waals surface area contributed by atoms with Crippen LogP contribution in [0, 0.1) is 11.6 Å². The molecule has 0 radical (unpaired) electrons. The molecule has 2 heterocycles. The molecule has 0 bridgehead atoms. The van der Waals surface area contributed by atoms with Crippen molar-refractivity contribution in [3.63, 3.8) is 0 Å². The zero-order valence-corrected chi connectivity index (χ0v) is 17.2. The fourth-order valence-corrected chi connectivity index (χ4v) is 4.05. The number of piperidine rings is 1. The normalized spacial score (nSPS) is 15.6.